The van der Waals surface area contributed by atoms with Gasteiger partial charge >= 0.3 is 5.97 Å². The van der Waals surface area contributed by atoms with Crippen LogP contribution < -0.4 is 4.74 Å². The van der Waals surface area contributed by atoms with Crippen molar-refractivity contribution in [3.63, 3.8) is 0 Å². The Labute approximate surface area is 132 Å². The SMILES string of the molecule is CC(C)(Oc1ccc(F)cc1)C(=O)OCc1ccc(Cl)nc1. The Hall–Kier alpha value is -2.14. The molecule has 0 aliphatic carbocycles. The Morgan fingerprint density at radius 3 is 2.50 bits per heavy atom. The molecule has 0 fully saturated rings. The molecule has 0 aliphatic heterocycles. The van der Waals surface area contributed by atoms with Crippen molar-refractivity contribution in [3.05, 3.63) is 59.1 Å². The molecule has 0 spiro atoms. The fourth-order valence-electron chi connectivity index (χ4n) is 1.65. The van der Waals surface area contributed by atoms with Gasteiger partial charge in [0.1, 0.15) is 23.3 Å². The molecule has 0 radical (unpaired) electrons. The van der Waals surface area contributed by atoms with E-state index in [0.29, 0.717) is 10.9 Å². The Bertz CT molecular complexity index is 641. The lowest BCUT2D eigenvalue weighted by atomic mass is 10.1. The number of carbonyl (C=O) groups excluding carboxylic acids is 1. The smallest absolute Gasteiger partial charge is 0.350 e. The minimum absolute atomic E-state index is 0.0687. The quantitative estimate of drug-likeness (QED) is 0.620. The van der Waals surface area contributed by atoms with Crippen molar-refractivity contribution in [1.29, 1.82) is 0 Å². The predicted molar refractivity (Wildman–Crippen MR) is 80.2 cm³/mol. The summed E-state index contributed by atoms with van der Waals surface area (Å²) in [6.45, 7) is 3.23. The number of esters is 1. The van der Waals surface area contributed by atoms with E-state index >= 15 is 0 Å². The fourth-order valence-corrected chi connectivity index (χ4v) is 1.77. The number of nitrogens with zero attached hydrogens (tertiary/aromatic N) is 1. The van der Waals surface area contributed by atoms with Crippen molar-refractivity contribution in [2.45, 2.75) is 26.1 Å². The van der Waals surface area contributed by atoms with Crippen LogP contribution in [0.5, 0.6) is 5.75 Å². The van der Waals surface area contributed by atoms with E-state index in [1.54, 1.807) is 26.0 Å². The van der Waals surface area contributed by atoms with Crippen molar-refractivity contribution < 1.29 is 18.7 Å². The van der Waals surface area contributed by atoms with Gasteiger partial charge in [0, 0.05) is 11.8 Å². The molecule has 0 saturated heterocycles. The van der Waals surface area contributed by atoms with Crippen LogP contribution in [-0.4, -0.2) is 16.6 Å². The van der Waals surface area contributed by atoms with Gasteiger partial charge in [0.2, 0.25) is 0 Å². The van der Waals surface area contributed by atoms with Crippen LogP contribution >= 0.6 is 11.6 Å². The Morgan fingerprint density at radius 2 is 1.91 bits per heavy atom. The van der Waals surface area contributed by atoms with Gasteiger partial charge < -0.3 is 9.47 Å². The summed E-state index contributed by atoms with van der Waals surface area (Å²) in [7, 11) is 0. The molecule has 0 amide bonds. The van der Waals surface area contributed by atoms with Gasteiger partial charge in [-0.2, -0.15) is 0 Å². The van der Waals surface area contributed by atoms with Gasteiger partial charge in [-0.05, 0) is 44.2 Å². The topological polar surface area (TPSA) is 48.4 Å². The van der Waals surface area contributed by atoms with E-state index in [4.69, 9.17) is 21.1 Å². The molecule has 0 saturated carbocycles. The Morgan fingerprint density at radius 1 is 1.23 bits per heavy atom. The maximum atomic E-state index is 12.9. The van der Waals surface area contributed by atoms with Gasteiger partial charge in [-0.15, -0.1) is 0 Å². The van der Waals surface area contributed by atoms with E-state index < -0.39 is 11.6 Å². The van der Waals surface area contributed by atoms with Crippen molar-refractivity contribution in [2.24, 2.45) is 0 Å². The minimum Gasteiger partial charge on any atom is -0.476 e. The Balaban J connectivity index is 1.94. The third-order valence-corrected chi connectivity index (χ3v) is 3.06. The lowest BCUT2D eigenvalue weighted by Gasteiger charge is -2.24. The maximum absolute atomic E-state index is 12.9. The van der Waals surface area contributed by atoms with Crippen molar-refractivity contribution >= 4 is 17.6 Å². The zero-order valence-corrected chi connectivity index (χ0v) is 12.9. The average Bonchev–Trinajstić information content (AvgIpc) is 2.48. The molecule has 116 valence electrons. The first kappa shape index (κ1) is 16.2. The first-order chi connectivity index (χ1) is 10.4. The van der Waals surface area contributed by atoms with E-state index in [0.717, 1.165) is 5.56 Å². The number of pyridine rings is 1. The van der Waals surface area contributed by atoms with Crippen LogP contribution in [0.1, 0.15) is 19.4 Å². The van der Waals surface area contributed by atoms with Gasteiger partial charge in [-0.25, -0.2) is 14.2 Å². The molecule has 0 aliphatic rings. The van der Waals surface area contributed by atoms with Gasteiger partial charge in [0.25, 0.3) is 0 Å². The third-order valence-electron chi connectivity index (χ3n) is 2.84. The first-order valence-electron chi connectivity index (χ1n) is 6.59. The number of ether oxygens (including phenoxy) is 2. The fraction of sp³-hybridized carbons (Fsp3) is 0.250. The van der Waals surface area contributed by atoms with Crippen LogP contribution in [0.15, 0.2) is 42.6 Å². The van der Waals surface area contributed by atoms with E-state index in [2.05, 4.69) is 4.98 Å². The first-order valence-corrected chi connectivity index (χ1v) is 6.97. The molecule has 1 heterocycles. The van der Waals surface area contributed by atoms with Gasteiger partial charge in [-0.1, -0.05) is 17.7 Å². The third kappa shape index (κ3) is 4.43. The van der Waals surface area contributed by atoms with Gasteiger partial charge in [-0.3, -0.25) is 0 Å². The molecule has 1 aromatic heterocycles. The number of benzene rings is 1. The average molecular weight is 324 g/mol. The van der Waals surface area contributed by atoms with Crippen molar-refractivity contribution in [2.75, 3.05) is 0 Å². The highest BCUT2D eigenvalue weighted by molar-refractivity contribution is 6.29. The molecule has 0 atom stereocenters. The van der Waals surface area contributed by atoms with E-state index in [1.165, 1.54) is 30.5 Å². The molecule has 0 N–H and O–H groups in total. The number of halogens is 2. The normalized spacial score (nSPS) is 11.1. The summed E-state index contributed by atoms with van der Waals surface area (Å²) in [5.74, 6) is -0.522. The van der Waals surface area contributed by atoms with Crippen LogP contribution in [-0.2, 0) is 16.1 Å². The molecule has 4 nitrogen and oxygen atoms in total. The second-order valence-corrected chi connectivity index (χ2v) is 5.52. The zero-order chi connectivity index (χ0) is 16.2. The largest absolute Gasteiger partial charge is 0.476 e. The minimum atomic E-state index is -1.20. The summed E-state index contributed by atoms with van der Waals surface area (Å²) in [6, 6.07) is 8.76. The molecule has 0 bridgehead atoms. The second-order valence-electron chi connectivity index (χ2n) is 5.13. The summed E-state index contributed by atoms with van der Waals surface area (Å²) in [4.78, 5) is 16.0. The maximum Gasteiger partial charge on any atom is 0.350 e. The van der Waals surface area contributed by atoms with Crippen LogP contribution in [0.4, 0.5) is 4.39 Å². The standard InChI is InChI=1S/C16H15ClFNO3/c1-16(2,22-13-6-4-12(18)5-7-13)15(20)21-10-11-3-8-14(17)19-9-11/h3-9H,10H2,1-2H3. The molecular formula is C16H15ClFNO3. The summed E-state index contributed by atoms with van der Waals surface area (Å²) in [5.41, 5.74) is -0.479. The summed E-state index contributed by atoms with van der Waals surface area (Å²) in [6.07, 6.45) is 1.53. The van der Waals surface area contributed by atoms with Crippen LogP contribution in [0.3, 0.4) is 0 Å². The molecule has 2 aromatic rings. The number of rotatable bonds is 5. The van der Waals surface area contributed by atoms with Crippen LogP contribution in [0.25, 0.3) is 0 Å². The molecular weight excluding hydrogens is 309 g/mol. The monoisotopic (exact) mass is 323 g/mol. The van der Waals surface area contributed by atoms with E-state index in [1.807, 2.05) is 0 Å². The number of hydrogen-bond acceptors (Lipinski definition) is 4. The summed E-state index contributed by atoms with van der Waals surface area (Å²) >= 11 is 5.68. The van der Waals surface area contributed by atoms with Crippen LogP contribution in [0.2, 0.25) is 5.15 Å². The number of aromatic nitrogens is 1. The van der Waals surface area contributed by atoms with E-state index in [9.17, 15) is 9.18 Å². The zero-order valence-electron chi connectivity index (χ0n) is 12.2. The summed E-state index contributed by atoms with van der Waals surface area (Å²) in [5, 5.41) is 0.370. The predicted octanol–water partition coefficient (Wildman–Crippen LogP) is 3.77. The van der Waals surface area contributed by atoms with Crippen LogP contribution in [0, 0.1) is 5.82 Å². The summed E-state index contributed by atoms with van der Waals surface area (Å²) < 4.78 is 23.6. The molecule has 0 unspecified atom stereocenters. The highest BCUT2D eigenvalue weighted by atomic mass is 35.5. The lowest BCUT2D eigenvalue weighted by Crippen LogP contribution is -2.39. The second kappa shape index (κ2) is 6.75. The highest BCUT2D eigenvalue weighted by Crippen LogP contribution is 2.20. The van der Waals surface area contributed by atoms with Crippen molar-refractivity contribution in [1.82, 2.24) is 4.98 Å². The van der Waals surface area contributed by atoms with E-state index in [-0.39, 0.29) is 12.4 Å². The molecule has 1 aromatic carbocycles. The highest BCUT2D eigenvalue weighted by Gasteiger charge is 2.31. The molecule has 2 rings (SSSR count). The van der Waals surface area contributed by atoms with Gasteiger partial charge in [0.05, 0.1) is 0 Å². The van der Waals surface area contributed by atoms with Gasteiger partial charge in [0.15, 0.2) is 5.60 Å². The number of carbonyl (C=O) groups is 1. The molecule has 22 heavy (non-hydrogen) atoms. The van der Waals surface area contributed by atoms with Crippen molar-refractivity contribution in [3.8, 4) is 5.75 Å². The Kier molecular flexibility index (Phi) is 4.98. The number of hydrogen-bond donors (Lipinski definition) is 0. The molecule has 6 heteroatoms. The lowest BCUT2D eigenvalue weighted by molar-refractivity contribution is -0.160.